The quantitative estimate of drug-likeness (QED) is 0.798. The SMILES string of the molecule is CC(C)N(CCC(=O)Nc1ccc(Br)cc1)CC(=O)O. The van der Waals surface area contributed by atoms with Crippen molar-refractivity contribution in [3.05, 3.63) is 28.7 Å². The number of nitrogens with zero attached hydrogens (tertiary/aromatic N) is 1. The molecule has 0 fully saturated rings. The lowest BCUT2D eigenvalue weighted by molar-refractivity contribution is -0.139. The average Bonchev–Trinajstić information content (AvgIpc) is 2.36. The van der Waals surface area contributed by atoms with E-state index in [1.807, 2.05) is 26.0 Å². The van der Waals surface area contributed by atoms with Gasteiger partial charge in [0.2, 0.25) is 5.91 Å². The van der Waals surface area contributed by atoms with Gasteiger partial charge in [0.25, 0.3) is 0 Å². The zero-order valence-electron chi connectivity index (χ0n) is 11.6. The van der Waals surface area contributed by atoms with Crippen molar-refractivity contribution in [1.29, 1.82) is 0 Å². The first-order chi connectivity index (χ1) is 9.38. The summed E-state index contributed by atoms with van der Waals surface area (Å²) in [5, 5.41) is 11.6. The van der Waals surface area contributed by atoms with Crippen LogP contribution in [0.3, 0.4) is 0 Å². The molecule has 1 rings (SSSR count). The summed E-state index contributed by atoms with van der Waals surface area (Å²) in [6.07, 6.45) is 0.265. The Morgan fingerprint density at radius 2 is 1.90 bits per heavy atom. The van der Waals surface area contributed by atoms with Gasteiger partial charge in [0, 0.05) is 29.2 Å². The van der Waals surface area contributed by atoms with Crippen molar-refractivity contribution < 1.29 is 14.7 Å². The Balaban J connectivity index is 2.45. The molecule has 0 radical (unpaired) electrons. The lowest BCUT2D eigenvalue weighted by Gasteiger charge is -2.24. The molecular formula is C14H19BrN2O3. The van der Waals surface area contributed by atoms with Gasteiger partial charge in [-0.2, -0.15) is 0 Å². The molecule has 2 N–H and O–H groups in total. The number of benzene rings is 1. The molecule has 1 aromatic rings. The number of halogens is 1. The smallest absolute Gasteiger partial charge is 0.317 e. The summed E-state index contributed by atoms with van der Waals surface area (Å²) in [4.78, 5) is 24.3. The molecule has 0 atom stereocenters. The van der Waals surface area contributed by atoms with Crippen molar-refractivity contribution in [2.24, 2.45) is 0 Å². The molecule has 0 aliphatic carbocycles. The lowest BCUT2D eigenvalue weighted by Crippen LogP contribution is -2.37. The summed E-state index contributed by atoms with van der Waals surface area (Å²) in [7, 11) is 0. The molecule has 6 heteroatoms. The summed E-state index contributed by atoms with van der Waals surface area (Å²) in [6.45, 7) is 4.20. The standard InChI is InChI=1S/C14H19BrN2O3/c1-10(2)17(9-14(19)20)8-7-13(18)16-12-5-3-11(15)4-6-12/h3-6,10H,7-9H2,1-2H3,(H,16,18)(H,19,20). The molecule has 110 valence electrons. The van der Waals surface area contributed by atoms with Crippen molar-refractivity contribution in [3.8, 4) is 0 Å². The molecule has 1 amide bonds. The monoisotopic (exact) mass is 342 g/mol. The molecule has 0 spiro atoms. The second-order valence-corrected chi connectivity index (χ2v) is 5.68. The second kappa shape index (κ2) is 8.01. The maximum atomic E-state index is 11.8. The second-order valence-electron chi connectivity index (χ2n) is 4.76. The van der Waals surface area contributed by atoms with Gasteiger partial charge in [0.15, 0.2) is 0 Å². The third-order valence-corrected chi connectivity index (χ3v) is 3.35. The average molecular weight is 343 g/mol. The highest BCUT2D eigenvalue weighted by atomic mass is 79.9. The van der Waals surface area contributed by atoms with E-state index >= 15 is 0 Å². The van der Waals surface area contributed by atoms with Crippen LogP contribution in [0.1, 0.15) is 20.3 Å². The zero-order valence-corrected chi connectivity index (χ0v) is 13.2. The minimum Gasteiger partial charge on any atom is -0.480 e. The van der Waals surface area contributed by atoms with Gasteiger partial charge >= 0.3 is 5.97 Å². The van der Waals surface area contributed by atoms with Gasteiger partial charge in [-0.25, -0.2) is 0 Å². The Hall–Kier alpha value is -1.40. The van der Waals surface area contributed by atoms with E-state index in [0.29, 0.717) is 6.54 Å². The Labute approximate surface area is 127 Å². The molecule has 5 nitrogen and oxygen atoms in total. The fourth-order valence-electron chi connectivity index (χ4n) is 1.70. The third-order valence-electron chi connectivity index (χ3n) is 2.82. The van der Waals surface area contributed by atoms with Crippen LogP contribution in [0.25, 0.3) is 0 Å². The number of carboxylic acids is 1. The van der Waals surface area contributed by atoms with E-state index in [9.17, 15) is 9.59 Å². The normalized spacial score (nSPS) is 10.8. The first kappa shape index (κ1) is 16.7. The molecule has 0 saturated carbocycles. The fraction of sp³-hybridized carbons (Fsp3) is 0.429. The van der Waals surface area contributed by atoms with Crippen LogP contribution in [0.15, 0.2) is 28.7 Å². The molecule has 20 heavy (non-hydrogen) atoms. The molecule has 0 bridgehead atoms. The molecule has 1 aromatic carbocycles. The molecule has 0 aliphatic rings. The van der Waals surface area contributed by atoms with Crippen LogP contribution >= 0.6 is 15.9 Å². The minimum atomic E-state index is -0.882. The fourth-order valence-corrected chi connectivity index (χ4v) is 1.96. The first-order valence-electron chi connectivity index (χ1n) is 6.39. The Morgan fingerprint density at radius 1 is 1.30 bits per heavy atom. The highest BCUT2D eigenvalue weighted by Gasteiger charge is 2.14. The Bertz CT molecular complexity index is 460. The van der Waals surface area contributed by atoms with Gasteiger partial charge in [-0.05, 0) is 38.1 Å². The van der Waals surface area contributed by atoms with Crippen molar-refractivity contribution in [3.63, 3.8) is 0 Å². The zero-order chi connectivity index (χ0) is 15.1. The van der Waals surface area contributed by atoms with Crippen molar-refractivity contribution in [2.45, 2.75) is 26.3 Å². The third kappa shape index (κ3) is 6.16. The summed E-state index contributed by atoms with van der Waals surface area (Å²) in [5.74, 6) is -1.00. The molecule has 0 saturated heterocycles. The van der Waals surface area contributed by atoms with Crippen LogP contribution in [0.2, 0.25) is 0 Å². The van der Waals surface area contributed by atoms with Crippen molar-refractivity contribution in [2.75, 3.05) is 18.4 Å². The van der Waals surface area contributed by atoms with Gasteiger partial charge < -0.3 is 10.4 Å². The number of hydrogen-bond acceptors (Lipinski definition) is 3. The summed E-state index contributed by atoms with van der Waals surface area (Å²) < 4.78 is 0.947. The van der Waals surface area contributed by atoms with Gasteiger partial charge in [0.05, 0.1) is 6.54 Å². The largest absolute Gasteiger partial charge is 0.480 e. The number of carboxylic acid groups (broad SMARTS) is 1. The van der Waals surface area contributed by atoms with Crippen LogP contribution in [-0.4, -0.2) is 41.0 Å². The number of amides is 1. The number of hydrogen-bond donors (Lipinski definition) is 2. The number of rotatable bonds is 7. The summed E-state index contributed by atoms with van der Waals surface area (Å²) in [6, 6.07) is 7.39. The first-order valence-corrected chi connectivity index (χ1v) is 7.19. The highest BCUT2D eigenvalue weighted by molar-refractivity contribution is 9.10. The van der Waals surface area contributed by atoms with Gasteiger partial charge in [-0.15, -0.1) is 0 Å². The minimum absolute atomic E-state index is 0.0524. The number of aliphatic carboxylic acids is 1. The van der Waals surface area contributed by atoms with Gasteiger partial charge in [-0.3, -0.25) is 14.5 Å². The Morgan fingerprint density at radius 3 is 2.40 bits per heavy atom. The van der Waals surface area contributed by atoms with E-state index in [4.69, 9.17) is 5.11 Å². The van der Waals surface area contributed by atoms with E-state index in [1.165, 1.54) is 0 Å². The van der Waals surface area contributed by atoms with Gasteiger partial charge in [-0.1, -0.05) is 15.9 Å². The number of anilines is 1. The maximum Gasteiger partial charge on any atom is 0.317 e. The predicted molar refractivity (Wildman–Crippen MR) is 81.7 cm³/mol. The van der Waals surface area contributed by atoms with Crippen molar-refractivity contribution >= 4 is 33.5 Å². The topological polar surface area (TPSA) is 69.6 Å². The van der Waals surface area contributed by atoms with Crippen LogP contribution in [-0.2, 0) is 9.59 Å². The van der Waals surface area contributed by atoms with Crippen molar-refractivity contribution in [1.82, 2.24) is 4.90 Å². The summed E-state index contributed by atoms with van der Waals surface area (Å²) in [5.41, 5.74) is 0.729. The molecule has 0 aliphatic heterocycles. The summed E-state index contributed by atoms with van der Waals surface area (Å²) >= 11 is 3.33. The number of nitrogens with one attached hydrogen (secondary N) is 1. The van der Waals surface area contributed by atoms with Crippen LogP contribution < -0.4 is 5.32 Å². The molecular weight excluding hydrogens is 324 g/mol. The lowest BCUT2D eigenvalue weighted by atomic mass is 10.2. The highest BCUT2D eigenvalue weighted by Crippen LogP contribution is 2.14. The van der Waals surface area contributed by atoms with E-state index in [0.717, 1.165) is 10.2 Å². The Kier molecular flexibility index (Phi) is 6.67. The van der Waals surface area contributed by atoms with E-state index in [-0.39, 0.29) is 24.9 Å². The molecule has 0 unspecified atom stereocenters. The van der Waals surface area contributed by atoms with E-state index in [1.54, 1.807) is 17.0 Å². The van der Waals surface area contributed by atoms with E-state index in [2.05, 4.69) is 21.2 Å². The predicted octanol–water partition coefficient (Wildman–Crippen LogP) is 2.57. The maximum absolute atomic E-state index is 11.8. The van der Waals surface area contributed by atoms with Crippen LogP contribution in [0.4, 0.5) is 5.69 Å². The van der Waals surface area contributed by atoms with E-state index < -0.39 is 5.97 Å². The van der Waals surface area contributed by atoms with Crippen LogP contribution in [0.5, 0.6) is 0 Å². The van der Waals surface area contributed by atoms with Gasteiger partial charge in [0.1, 0.15) is 0 Å². The van der Waals surface area contributed by atoms with Crippen LogP contribution in [0, 0.1) is 0 Å². The molecule has 0 heterocycles. The number of carbonyl (C=O) groups excluding carboxylic acids is 1. The molecule has 0 aromatic heterocycles. The number of carbonyl (C=O) groups is 2.